The first-order chi connectivity index (χ1) is 7.02. The van der Waals surface area contributed by atoms with Crippen LogP contribution in [0, 0.1) is 11.3 Å². The Morgan fingerprint density at radius 1 is 1.00 bits per heavy atom. The lowest BCUT2D eigenvalue weighted by atomic mass is 10.1. The van der Waals surface area contributed by atoms with Crippen LogP contribution in [0.3, 0.4) is 0 Å². The van der Waals surface area contributed by atoms with Crippen LogP contribution in [0.4, 0.5) is 0 Å². The van der Waals surface area contributed by atoms with Gasteiger partial charge in [0.15, 0.2) is 0 Å². The third kappa shape index (κ3) is 2.71. The number of hydrogen-bond acceptors (Lipinski definition) is 3. The van der Waals surface area contributed by atoms with Gasteiger partial charge in [0.05, 0.1) is 0 Å². The van der Waals surface area contributed by atoms with Crippen LogP contribution in [0.1, 0.15) is 41.0 Å². The fourth-order valence-corrected chi connectivity index (χ4v) is 2.10. The lowest BCUT2D eigenvalue weighted by Crippen LogP contribution is -2.43. The van der Waals surface area contributed by atoms with Crippen LogP contribution >= 0.6 is 0 Å². The van der Waals surface area contributed by atoms with Crippen LogP contribution in [0.25, 0.3) is 0 Å². The first-order valence-electron chi connectivity index (χ1n) is 5.94. The van der Waals surface area contributed by atoms with E-state index in [0.717, 1.165) is 6.42 Å². The second-order valence-corrected chi connectivity index (χ2v) is 4.65. The van der Waals surface area contributed by atoms with Gasteiger partial charge >= 0.3 is 0 Å². The van der Waals surface area contributed by atoms with E-state index in [1.165, 1.54) is 0 Å². The second-order valence-electron chi connectivity index (χ2n) is 4.65. The molecule has 0 radical (unpaired) electrons. The molecule has 1 aliphatic rings. The van der Waals surface area contributed by atoms with Crippen LogP contribution in [0.2, 0.25) is 0 Å². The molecule has 0 heterocycles. The van der Waals surface area contributed by atoms with Crippen molar-refractivity contribution in [3.8, 4) is 0 Å². The second kappa shape index (κ2) is 4.81. The molecule has 1 fully saturated rings. The third-order valence-corrected chi connectivity index (χ3v) is 2.98. The largest absolute Gasteiger partial charge is 0.328 e. The smallest absolute Gasteiger partial charge is 0.286 e. The molecular weight excluding hydrogens is 192 g/mol. The maximum absolute atomic E-state index is 5.73. The van der Waals surface area contributed by atoms with Gasteiger partial charge in [-0.2, -0.15) is 0 Å². The zero-order chi connectivity index (χ0) is 11.5. The lowest BCUT2D eigenvalue weighted by Gasteiger charge is -2.33. The van der Waals surface area contributed by atoms with Crippen LogP contribution in [-0.2, 0) is 14.2 Å². The molecule has 3 nitrogen and oxygen atoms in total. The normalized spacial score (nSPS) is 24.2. The van der Waals surface area contributed by atoms with E-state index in [0.29, 0.717) is 25.7 Å². The molecular formula is C12H24O3. The van der Waals surface area contributed by atoms with Crippen LogP contribution in [0.15, 0.2) is 0 Å². The van der Waals surface area contributed by atoms with E-state index >= 15 is 0 Å². The highest BCUT2D eigenvalue weighted by Crippen LogP contribution is 2.59. The molecule has 0 aliphatic heterocycles. The van der Waals surface area contributed by atoms with E-state index in [1.807, 2.05) is 20.8 Å². The van der Waals surface area contributed by atoms with Crippen molar-refractivity contribution in [2.24, 2.45) is 11.3 Å². The van der Waals surface area contributed by atoms with Crippen molar-refractivity contribution in [1.29, 1.82) is 0 Å². The van der Waals surface area contributed by atoms with Crippen molar-refractivity contribution in [2.45, 2.75) is 47.0 Å². The van der Waals surface area contributed by atoms with E-state index in [1.54, 1.807) is 0 Å². The standard InChI is InChI=1S/C12H24O3/c1-6-13-12(14-7-2,15-8-3)10-9-11(10,4)5/h10H,6-9H2,1-5H3. The highest BCUT2D eigenvalue weighted by molar-refractivity contribution is 5.00. The molecule has 0 aromatic carbocycles. The molecule has 3 heteroatoms. The fourth-order valence-electron chi connectivity index (χ4n) is 2.10. The summed E-state index contributed by atoms with van der Waals surface area (Å²) in [6.45, 7) is 12.2. The molecule has 0 amide bonds. The van der Waals surface area contributed by atoms with Crippen LogP contribution in [0.5, 0.6) is 0 Å². The average Bonchev–Trinajstić information content (AvgIpc) is 2.77. The third-order valence-electron chi connectivity index (χ3n) is 2.98. The van der Waals surface area contributed by atoms with E-state index < -0.39 is 5.97 Å². The highest BCUT2D eigenvalue weighted by atomic mass is 16.9. The highest BCUT2D eigenvalue weighted by Gasteiger charge is 2.61. The maximum atomic E-state index is 5.73. The minimum Gasteiger partial charge on any atom is -0.328 e. The predicted molar refractivity (Wildman–Crippen MR) is 59.5 cm³/mol. The van der Waals surface area contributed by atoms with Crippen molar-refractivity contribution in [1.82, 2.24) is 0 Å². The van der Waals surface area contributed by atoms with Crippen LogP contribution < -0.4 is 0 Å². The number of hydrogen-bond donors (Lipinski definition) is 0. The Bertz CT molecular complexity index is 184. The average molecular weight is 216 g/mol. The van der Waals surface area contributed by atoms with Gasteiger partial charge in [0.2, 0.25) is 0 Å². The number of ether oxygens (including phenoxy) is 3. The van der Waals surface area contributed by atoms with Crippen molar-refractivity contribution in [3.05, 3.63) is 0 Å². The Morgan fingerprint density at radius 3 is 1.53 bits per heavy atom. The Morgan fingerprint density at radius 2 is 1.33 bits per heavy atom. The monoisotopic (exact) mass is 216 g/mol. The first-order valence-corrected chi connectivity index (χ1v) is 5.94. The van der Waals surface area contributed by atoms with E-state index in [9.17, 15) is 0 Å². The van der Waals surface area contributed by atoms with Crippen LogP contribution in [-0.4, -0.2) is 25.8 Å². The molecule has 0 aromatic rings. The summed E-state index contributed by atoms with van der Waals surface area (Å²) in [5.41, 5.74) is 0.277. The number of rotatable bonds is 7. The summed E-state index contributed by atoms with van der Waals surface area (Å²) < 4.78 is 17.2. The molecule has 0 spiro atoms. The Labute approximate surface area is 93.1 Å². The minimum atomic E-state index is -0.804. The molecule has 15 heavy (non-hydrogen) atoms. The van der Waals surface area contributed by atoms with Gasteiger partial charge in [-0.1, -0.05) is 13.8 Å². The van der Waals surface area contributed by atoms with E-state index in [-0.39, 0.29) is 5.41 Å². The summed E-state index contributed by atoms with van der Waals surface area (Å²) in [7, 11) is 0. The molecule has 0 bridgehead atoms. The molecule has 0 aromatic heterocycles. The molecule has 90 valence electrons. The van der Waals surface area contributed by atoms with Gasteiger partial charge in [0.1, 0.15) is 0 Å². The van der Waals surface area contributed by atoms with Gasteiger partial charge in [-0.05, 0) is 32.6 Å². The summed E-state index contributed by atoms with van der Waals surface area (Å²) in [6, 6.07) is 0. The predicted octanol–water partition coefficient (Wildman–Crippen LogP) is 2.80. The summed E-state index contributed by atoms with van der Waals surface area (Å²) in [5.74, 6) is -0.452. The van der Waals surface area contributed by atoms with Crippen molar-refractivity contribution in [2.75, 3.05) is 19.8 Å². The quantitative estimate of drug-likeness (QED) is 0.612. The topological polar surface area (TPSA) is 27.7 Å². The van der Waals surface area contributed by atoms with E-state index in [4.69, 9.17) is 14.2 Å². The zero-order valence-electron chi connectivity index (χ0n) is 10.6. The van der Waals surface area contributed by atoms with Gasteiger partial charge in [-0.25, -0.2) is 0 Å². The van der Waals surface area contributed by atoms with Crippen molar-refractivity contribution < 1.29 is 14.2 Å². The van der Waals surface area contributed by atoms with Gasteiger partial charge in [0.25, 0.3) is 5.97 Å². The summed E-state index contributed by atoms with van der Waals surface area (Å²) >= 11 is 0. The van der Waals surface area contributed by atoms with Crippen molar-refractivity contribution in [3.63, 3.8) is 0 Å². The molecule has 1 aliphatic carbocycles. The molecule has 0 saturated heterocycles. The van der Waals surface area contributed by atoms with Gasteiger partial charge < -0.3 is 14.2 Å². The van der Waals surface area contributed by atoms with Gasteiger partial charge in [0, 0.05) is 25.7 Å². The van der Waals surface area contributed by atoms with Gasteiger partial charge in [-0.15, -0.1) is 0 Å². The molecule has 1 rings (SSSR count). The molecule has 1 atom stereocenters. The zero-order valence-corrected chi connectivity index (χ0v) is 10.6. The summed E-state index contributed by atoms with van der Waals surface area (Å²) in [4.78, 5) is 0. The summed E-state index contributed by atoms with van der Waals surface area (Å²) in [5, 5.41) is 0. The molecule has 0 N–H and O–H groups in total. The Balaban J connectivity index is 2.73. The van der Waals surface area contributed by atoms with Crippen molar-refractivity contribution >= 4 is 0 Å². The van der Waals surface area contributed by atoms with Gasteiger partial charge in [-0.3, -0.25) is 0 Å². The first kappa shape index (κ1) is 12.9. The Hall–Kier alpha value is -0.120. The van der Waals surface area contributed by atoms with E-state index in [2.05, 4.69) is 13.8 Å². The molecule has 1 unspecified atom stereocenters. The SMILES string of the molecule is CCOC(OCC)(OCC)C1CC1(C)C. The summed E-state index contributed by atoms with van der Waals surface area (Å²) in [6.07, 6.45) is 1.10. The Kier molecular flexibility index (Phi) is 4.15. The maximum Gasteiger partial charge on any atom is 0.286 e. The lowest BCUT2D eigenvalue weighted by molar-refractivity contribution is -0.391. The fraction of sp³-hybridized carbons (Fsp3) is 1.00. The molecule has 1 saturated carbocycles. The minimum absolute atomic E-state index is 0.277.